The van der Waals surface area contributed by atoms with Gasteiger partial charge in [-0.25, -0.2) is 9.79 Å². The SMILES string of the molecule is CCOC(=O)C1=C(C)N=c2s/c(=C/c3ccc(O)cc3O)c(=O)n2[C@@H]1c1ccccc1OC(C)C. The van der Waals surface area contributed by atoms with Crippen LogP contribution in [0.4, 0.5) is 0 Å². The van der Waals surface area contributed by atoms with Crippen LogP contribution in [-0.2, 0) is 9.53 Å². The molecular weight excluding hydrogens is 468 g/mol. The number of aromatic nitrogens is 1. The van der Waals surface area contributed by atoms with Crippen molar-refractivity contribution < 1.29 is 24.5 Å². The molecule has 0 amide bonds. The highest BCUT2D eigenvalue weighted by Crippen LogP contribution is 2.36. The van der Waals surface area contributed by atoms with Crippen molar-refractivity contribution in [1.82, 2.24) is 4.57 Å². The van der Waals surface area contributed by atoms with Gasteiger partial charge < -0.3 is 19.7 Å². The van der Waals surface area contributed by atoms with Gasteiger partial charge in [-0.15, -0.1) is 0 Å². The van der Waals surface area contributed by atoms with Gasteiger partial charge in [0, 0.05) is 17.2 Å². The Labute approximate surface area is 205 Å². The molecule has 2 aromatic carbocycles. The zero-order valence-corrected chi connectivity index (χ0v) is 20.6. The van der Waals surface area contributed by atoms with Crippen LogP contribution in [0, 0.1) is 0 Å². The lowest BCUT2D eigenvalue weighted by molar-refractivity contribution is -0.139. The number of hydrogen-bond donors (Lipinski definition) is 2. The van der Waals surface area contributed by atoms with Gasteiger partial charge in [-0.2, -0.15) is 0 Å². The zero-order chi connectivity index (χ0) is 25.3. The standard InChI is InChI=1S/C26H26N2O6S/c1-5-33-25(32)22-15(4)27-26-28(23(22)18-8-6-7-9-20(18)34-14(2)3)24(31)21(35-26)12-16-10-11-17(29)13-19(16)30/h6-14,23,29-30H,5H2,1-4H3/b21-12+/t23-/m1/s1. The molecule has 0 radical (unpaired) electrons. The van der Waals surface area contributed by atoms with Crippen LogP contribution >= 0.6 is 11.3 Å². The molecule has 1 aliphatic heterocycles. The van der Waals surface area contributed by atoms with E-state index < -0.39 is 12.0 Å². The van der Waals surface area contributed by atoms with Crippen molar-refractivity contribution in [3.8, 4) is 17.2 Å². The average Bonchev–Trinajstić information content (AvgIpc) is 3.09. The number of phenolic OH excluding ortho intramolecular Hbond substituents is 2. The van der Waals surface area contributed by atoms with Crippen LogP contribution < -0.4 is 19.6 Å². The lowest BCUT2D eigenvalue weighted by atomic mass is 9.95. The Bertz CT molecular complexity index is 1500. The predicted octanol–water partition coefficient (Wildman–Crippen LogP) is 3.00. The number of allylic oxidation sites excluding steroid dienone is 1. The molecule has 0 unspecified atom stereocenters. The van der Waals surface area contributed by atoms with E-state index in [4.69, 9.17) is 9.47 Å². The summed E-state index contributed by atoms with van der Waals surface area (Å²) in [6.45, 7) is 7.42. The number of phenols is 2. The number of thiazole rings is 1. The fourth-order valence-corrected chi connectivity index (χ4v) is 4.99. The Hall–Kier alpha value is -3.85. The molecule has 0 bridgehead atoms. The van der Waals surface area contributed by atoms with Crippen molar-refractivity contribution in [3.05, 3.63) is 84.5 Å². The molecule has 0 aliphatic carbocycles. The molecule has 9 heteroatoms. The first-order valence-corrected chi connectivity index (χ1v) is 12.0. The molecule has 0 saturated carbocycles. The molecule has 0 saturated heterocycles. The third-order valence-electron chi connectivity index (χ3n) is 5.39. The van der Waals surface area contributed by atoms with Crippen LogP contribution in [0.2, 0.25) is 0 Å². The second kappa shape index (κ2) is 9.79. The van der Waals surface area contributed by atoms with Crippen molar-refractivity contribution in [2.45, 2.75) is 39.8 Å². The number of ether oxygens (including phenoxy) is 2. The van der Waals surface area contributed by atoms with Crippen LogP contribution in [0.25, 0.3) is 6.08 Å². The van der Waals surface area contributed by atoms with Gasteiger partial charge in [-0.1, -0.05) is 29.5 Å². The minimum atomic E-state index is -0.809. The molecule has 182 valence electrons. The summed E-state index contributed by atoms with van der Waals surface area (Å²) in [6, 6.07) is 10.6. The maximum atomic E-state index is 13.7. The summed E-state index contributed by atoms with van der Waals surface area (Å²) in [5.41, 5.74) is 1.35. The van der Waals surface area contributed by atoms with Crippen LogP contribution in [-0.4, -0.2) is 33.5 Å². The molecule has 1 aromatic heterocycles. The molecule has 0 fully saturated rings. The van der Waals surface area contributed by atoms with E-state index in [0.29, 0.717) is 31.9 Å². The zero-order valence-electron chi connectivity index (χ0n) is 19.8. The highest BCUT2D eigenvalue weighted by atomic mass is 32.1. The highest BCUT2D eigenvalue weighted by molar-refractivity contribution is 7.07. The summed E-state index contributed by atoms with van der Waals surface area (Å²) in [4.78, 5) is 31.7. The summed E-state index contributed by atoms with van der Waals surface area (Å²) >= 11 is 1.15. The Kier molecular flexibility index (Phi) is 6.79. The summed E-state index contributed by atoms with van der Waals surface area (Å²) in [6.07, 6.45) is 1.41. The third-order valence-corrected chi connectivity index (χ3v) is 6.38. The number of aromatic hydroxyl groups is 2. The second-order valence-corrected chi connectivity index (χ2v) is 9.26. The molecule has 8 nitrogen and oxygen atoms in total. The number of carbonyl (C=O) groups is 1. The van der Waals surface area contributed by atoms with Gasteiger partial charge in [0.25, 0.3) is 5.56 Å². The Morgan fingerprint density at radius 2 is 1.97 bits per heavy atom. The van der Waals surface area contributed by atoms with Crippen LogP contribution in [0.15, 0.2) is 63.5 Å². The minimum absolute atomic E-state index is 0.0856. The minimum Gasteiger partial charge on any atom is -0.508 e. The average molecular weight is 495 g/mol. The summed E-state index contributed by atoms with van der Waals surface area (Å²) in [5.74, 6) is -0.248. The van der Waals surface area contributed by atoms with E-state index in [1.165, 1.54) is 28.8 Å². The van der Waals surface area contributed by atoms with E-state index in [2.05, 4.69) is 4.99 Å². The molecule has 1 aliphatic rings. The van der Waals surface area contributed by atoms with E-state index in [-0.39, 0.29) is 35.3 Å². The van der Waals surface area contributed by atoms with E-state index in [9.17, 15) is 19.8 Å². The number of para-hydroxylation sites is 1. The quantitative estimate of drug-likeness (QED) is 0.510. The number of nitrogens with zero attached hydrogens (tertiary/aromatic N) is 2. The molecule has 2 N–H and O–H groups in total. The fraction of sp³-hybridized carbons (Fsp3) is 0.269. The smallest absolute Gasteiger partial charge is 0.338 e. The van der Waals surface area contributed by atoms with E-state index in [1.54, 1.807) is 19.9 Å². The summed E-state index contributed by atoms with van der Waals surface area (Å²) < 4.78 is 13.1. The van der Waals surface area contributed by atoms with E-state index >= 15 is 0 Å². The number of hydrogen-bond acceptors (Lipinski definition) is 8. The van der Waals surface area contributed by atoms with Crippen molar-refractivity contribution >= 4 is 23.4 Å². The first-order valence-electron chi connectivity index (χ1n) is 11.2. The number of esters is 1. The molecule has 35 heavy (non-hydrogen) atoms. The number of benzene rings is 2. The van der Waals surface area contributed by atoms with Crippen molar-refractivity contribution in [2.24, 2.45) is 4.99 Å². The Balaban J connectivity index is 1.99. The topological polar surface area (TPSA) is 110 Å². The lowest BCUT2D eigenvalue weighted by Crippen LogP contribution is -2.40. The van der Waals surface area contributed by atoms with Crippen molar-refractivity contribution in [2.75, 3.05) is 6.61 Å². The largest absolute Gasteiger partial charge is 0.508 e. The van der Waals surface area contributed by atoms with Gasteiger partial charge in [0.1, 0.15) is 23.3 Å². The molecule has 4 rings (SSSR count). The van der Waals surface area contributed by atoms with Gasteiger partial charge in [-0.3, -0.25) is 9.36 Å². The normalized spacial score (nSPS) is 15.7. The molecular formula is C26H26N2O6S. The molecule has 1 atom stereocenters. The predicted molar refractivity (Wildman–Crippen MR) is 132 cm³/mol. The second-order valence-electron chi connectivity index (χ2n) is 8.25. The summed E-state index contributed by atoms with van der Waals surface area (Å²) in [5, 5.41) is 19.8. The molecule has 3 aromatic rings. The van der Waals surface area contributed by atoms with Gasteiger partial charge in [0.2, 0.25) is 0 Å². The Morgan fingerprint density at radius 3 is 2.66 bits per heavy atom. The summed E-state index contributed by atoms with van der Waals surface area (Å²) in [7, 11) is 0. The van der Waals surface area contributed by atoms with E-state index in [0.717, 1.165) is 11.3 Å². The first-order chi connectivity index (χ1) is 16.7. The number of fused-ring (bicyclic) bond motifs is 1. The van der Waals surface area contributed by atoms with Gasteiger partial charge in [0.15, 0.2) is 4.80 Å². The number of carbonyl (C=O) groups excluding carboxylic acids is 1. The highest BCUT2D eigenvalue weighted by Gasteiger charge is 2.35. The maximum Gasteiger partial charge on any atom is 0.338 e. The maximum absolute atomic E-state index is 13.7. The van der Waals surface area contributed by atoms with Crippen LogP contribution in [0.5, 0.6) is 17.2 Å². The molecule has 0 spiro atoms. The molecule has 2 heterocycles. The lowest BCUT2D eigenvalue weighted by Gasteiger charge is -2.26. The van der Waals surface area contributed by atoms with Crippen LogP contribution in [0.3, 0.4) is 0 Å². The van der Waals surface area contributed by atoms with Crippen molar-refractivity contribution in [3.63, 3.8) is 0 Å². The first kappa shape index (κ1) is 24.3. The van der Waals surface area contributed by atoms with Crippen LogP contribution in [0.1, 0.15) is 44.9 Å². The third kappa shape index (κ3) is 4.72. The van der Waals surface area contributed by atoms with Gasteiger partial charge in [-0.05, 0) is 52.0 Å². The van der Waals surface area contributed by atoms with Gasteiger partial charge >= 0.3 is 5.97 Å². The van der Waals surface area contributed by atoms with Crippen molar-refractivity contribution in [1.29, 1.82) is 0 Å². The van der Waals surface area contributed by atoms with Gasteiger partial charge in [0.05, 0.1) is 28.5 Å². The Morgan fingerprint density at radius 1 is 1.23 bits per heavy atom. The monoisotopic (exact) mass is 494 g/mol. The fourth-order valence-electron chi connectivity index (χ4n) is 3.95. The van der Waals surface area contributed by atoms with E-state index in [1.807, 2.05) is 32.0 Å². The number of rotatable bonds is 6.